The van der Waals surface area contributed by atoms with Gasteiger partial charge in [0.15, 0.2) is 12.1 Å². The molecule has 0 saturated heterocycles. The molecule has 0 N–H and O–H groups in total. The summed E-state index contributed by atoms with van der Waals surface area (Å²) in [5.41, 5.74) is 3.07. The topological polar surface area (TPSA) is 42.9 Å². The summed E-state index contributed by atoms with van der Waals surface area (Å²) in [4.78, 5) is 20.5. The minimum absolute atomic E-state index is 0.425. The summed E-state index contributed by atoms with van der Waals surface area (Å²) in [6, 6.07) is 14.7. The van der Waals surface area contributed by atoms with E-state index in [-0.39, 0.29) is 0 Å². The molecule has 0 atom stereocenters. The summed E-state index contributed by atoms with van der Waals surface area (Å²) in [7, 11) is 0. The van der Waals surface area contributed by atoms with E-state index in [1.54, 1.807) is 25.1 Å². The summed E-state index contributed by atoms with van der Waals surface area (Å²) < 4.78 is 0. The zero-order chi connectivity index (χ0) is 16.4. The van der Waals surface area contributed by atoms with Gasteiger partial charge < -0.3 is 0 Å². The zero-order valence-corrected chi connectivity index (χ0v) is 13.8. The summed E-state index contributed by atoms with van der Waals surface area (Å²) in [6.45, 7) is 1.78. The highest BCUT2D eigenvalue weighted by Gasteiger charge is 2.16. The van der Waals surface area contributed by atoms with Gasteiger partial charge in [0.1, 0.15) is 0 Å². The Labute approximate surface area is 143 Å². The predicted octanol–water partition coefficient (Wildman–Crippen LogP) is 5.24. The molecule has 0 saturated carbocycles. The van der Waals surface area contributed by atoms with E-state index in [1.165, 1.54) is 0 Å². The Hall–Kier alpha value is -2.23. The van der Waals surface area contributed by atoms with Gasteiger partial charge >= 0.3 is 0 Å². The molecule has 1 aromatic heterocycles. The van der Waals surface area contributed by atoms with Gasteiger partial charge in [-0.2, -0.15) is 0 Å². The van der Waals surface area contributed by atoms with Crippen LogP contribution in [0.4, 0.5) is 0 Å². The van der Waals surface area contributed by atoms with Crippen LogP contribution in [-0.4, -0.2) is 16.3 Å². The highest BCUT2D eigenvalue weighted by atomic mass is 35.5. The van der Waals surface area contributed by atoms with Gasteiger partial charge in [-0.05, 0) is 25.1 Å². The van der Waals surface area contributed by atoms with E-state index < -0.39 is 0 Å². The first-order valence-electron chi connectivity index (χ1n) is 6.95. The second kappa shape index (κ2) is 6.49. The van der Waals surface area contributed by atoms with Crippen molar-refractivity contribution in [1.29, 1.82) is 0 Å². The van der Waals surface area contributed by atoms with E-state index in [0.717, 1.165) is 11.8 Å². The molecule has 1 heterocycles. The Balaban J connectivity index is 2.26. The molecule has 0 fully saturated rings. The number of hydrogen-bond donors (Lipinski definition) is 0. The average Bonchev–Trinajstić information content (AvgIpc) is 2.55. The fraction of sp³-hybridized carbons (Fsp3) is 0.0556. The van der Waals surface area contributed by atoms with Gasteiger partial charge in [0, 0.05) is 16.1 Å². The first-order chi connectivity index (χ1) is 11.1. The number of nitrogens with zero attached hydrogens (tertiary/aromatic N) is 2. The van der Waals surface area contributed by atoms with Crippen LogP contribution in [0.1, 0.15) is 16.1 Å². The molecule has 0 aliphatic heterocycles. The van der Waals surface area contributed by atoms with Crippen molar-refractivity contribution >= 4 is 29.5 Å². The molecular formula is C18H12Cl2N2O. The van der Waals surface area contributed by atoms with Gasteiger partial charge in [0.2, 0.25) is 0 Å². The largest absolute Gasteiger partial charge is 0.298 e. The lowest BCUT2D eigenvalue weighted by Gasteiger charge is -2.11. The maximum Gasteiger partial charge on any atom is 0.160 e. The van der Waals surface area contributed by atoms with E-state index in [1.807, 2.05) is 30.3 Å². The monoisotopic (exact) mass is 342 g/mol. The molecule has 3 nitrogen and oxygen atoms in total. The van der Waals surface area contributed by atoms with Crippen LogP contribution in [0.15, 0.2) is 48.5 Å². The fourth-order valence-corrected chi connectivity index (χ4v) is 2.82. The van der Waals surface area contributed by atoms with Crippen molar-refractivity contribution in [1.82, 2.24) is 9.97 Å². The molecule has 23 heavy (non-hydrogen) atoms. The molecule has 114 valence electrons. The maximum atomic E-state index is 11.5. The molecule has 0 unspecified atom stereocenters. The summed E-state index contributed by atoms with van der Waals surface area (Å²) in [6.07, 6.45) is 0.754. The molecule has 3 aromatic rings. The van der Waals surface area contributed by atoms with Crippen LogP contribution in [0.25, 0.3) is 22.6 Å². The molecule has 2 aromatic carbocycles. The van der Waals surface area contributed by atoms with Crippen LogP contribution in [0.2, 0.25) is 10.0 Å². The number of aromatic nitrogens is 2. The van der Waals surface area contributed by atoms with Crippen LogP contribution in [-0.2, 0) is 0 Å². The zero-order valence-electron chi connectivity index (χ0n) is 12.3. The normalized spacial score (nSPS) is 10.6. The number of rotatable bonds is 3. The Morgan fingerprint density at radius 1 is 1.00 bits per heavy atom. The van der Waals surface area contributed by atoms with Gasteiger partial charge in [-0.15, -0.1) is 0 Å². The number of aldehydes is 1. The Morgan fingerprint density at radius 3 is 2.39 bits per heavy atom. The van der Waals surface area contributed by atoms with Crippen LogP contribution in [0.5, 0.6) is 0 Å². The predicted molar refractivity (Wildman–Crippen MR) is 93.0 cm³/mol. The minimum atomic E-state index is 0.425. The number of halogens is 2. The van der Waals surface area contributed by atoms with E-state index in [0.29, 0.717) is 38.4 Å². The third kappa shape index (κ3) is 3.11. The van der Waals surface area contributed by atoms with Crippen molar-refractivity contribution in [3.63, 3.8) is 0 Å². The van der Waals surface area contributed by atoms with Crippen LogP contribution >= 0.6 is 23.2 Å². The first-order valence-corrected chi connectivity index (χ1v) is 7.70. The smallest absolute Gasteiger partial charge is 0.160 e. The molecule has 0 radical (unpaired) electrons. The lowest BCUT2D eigenvalue weighted by Crippen LogP contribution is -2.02. The highest BCUT2D eigenvalue weighted by Crippen LogP contribution is 2.32. The molecular weight excluding hydrogens is 331 g/mol. The van der Waals surface area contributed by atoms with Gasteiger partial charge in [0.05, 0.1) is 22.0 Å². The van der Waals surface area contributed by atoms with Gasteiger partial charge in [-0.25, -0.2) is 9.97 Å². The molecule has 0 amide bonds. The first kappa shape index (κ1) is 15.7. The van der Waals surface area contributed by atoms with Crippen molar-refractivity contribution < 1.29 is 4.79 Å². The van der Waals surface area contributed by atoms with E-state index in [4.69, 9.17) is 23.2 Å². The lowest BCUT2D eigenvalue weighted by atomic mass is 10.0. The third-order valence-corrected chi connectivity index (χ3v) is 4.02. The molecule has 5 heteroatoms. The fourth-order valence-electron chi connectivity index (χ4n) is 2.33. The average molecular weight is 343 g/mol. The summed E-state index contributed by atoms with van der Waals surface area (Å²) in [5, 5.41) is 0.971. The van der Waals surface area contributed by atoms with Crippen molar-refractivity contribution in [2.75, 3.05) is 0 Å². The van der Waals surface area contributed by atoms with Gasteiger partial charge in [-0.3, -0.25) is 4.79 Å². The standard InChI is InChI=1S/C18H12Cl2N2O/c1-11-15(10-23)17(14-8-7-13(19)9-16(14)20)22-18(21-11)12-5-3-2-4-6-12/h2-10H,1H3. The van der Waals surface area contributed by atoms with Gasteiger partial charge in [0.25, 0.3) is 0 Å². The SMILES string of the molecule is Cc1nc(-c2ccccc2)nc(-c2ccc(Cl)cc2Cl)c1C=O. The highest BCUT2D eigenvalue weighted by molar-refractivity contribution is 6.36. The Kier molecular flexibility index (Phi) is 4.42. The quantitative estimate of drug-likeness (QED) is 0.611. The number of aryl methyl sites for hydroxylation is 1. The van der Waals surface area contributed by atoms with Crippen LogP contribution in [0, 0.1) is 6.92 Å². The Morgan fingerprint density at radius 2 is 1.74 bits per heavy atom. The molecule has 0 bridgehead atoms. The number of benzene rings is 2. The van der Waals surface area contributed by atoms with Crippen LogP contribution < -0.4 is 0 Å². The lowest BCUT2D eigenvalue weighted by molar-refractivity contribution is 0.112. The summed E-state index contributed by atoms with van der Waals surface area (Å²) >= 11 is 12.2. The second-order valence-corrected chi connectivity index (χ2v) is 5.85. The number of hydrogen-bond acceptors (Lipinski definition) is 3. The van der Waals surface area contributed by atoms with Crippen molar-refractivity contribution in [3.05, 3.63) is 69.8 Å². The van der Waals surface area contributed by atoms with Gasteiger partial charge in [-0.1, -0.05) is 53.5 Å². The number of carbonyl (C=O) groups is 1. The summed E-state index contributed by atoms with van der Waals surface area (Å²) in [5.74, 6) is 0.551. The van der Waals surface area contributed by atoms with Crippen molar-refractivity contribution in [2.24, 2.45) is 0 Å². The van der Waals surface area contributed by atoms with E-state index in [2.05, 4.69) is 9.97 Å². The maximum absolute atomic E-state index is 11.5. The molecule has 0 aliphatic rings. The third-order valence-electron chi connectivity index (χ3n) is 3.47. The number of carbonyl (C=O) groups excluding carboxylic acids is 1. The van der Waals surface area contributed by atoms with Crippen molar-refractivity contribution in [3.8, 4) is 22.6 Å². The van der Waals surface area contributed by atoms with Crippen LogP contribution in [0.3, 0.4) is 0 Å². The van der Waals surface area contributed by atoms with Crippen molar-refractivity contribution in [2.45, 2.75) is 6.92 Å². The molecule has 0 spiro atoms. The second-order valence-electron chi connectivity index (χ2n) is 5.00. The Bertz CT molecular complexity index is 880. The molecule has 0 aliphatic carbocycles. The van der Waals surface area contributed by atoms with E-state index in [9.17, 15) is 4.79 Å². The van der Waals surface area contributed by atoms with E-state index >= 15 is 0 Å². The minimum Gasteiger partial charge on any atom is -0.298 e. The molecule has 3 rings (SSSR count).